The van der Waals surface area contributed by atoms with Crippen molar-refractivity contribution in [2.24, 2.45) is 11.8 Å². The topological polar surface area (TPSA) is 57.5 Å². The minimum Gasteiger partial charge on any atom is -0.508 e. The van der Waals surface area contributed by atoms with E-state index in [4.69, 9.17) is 0 Å². The van der Waals surface area contributed by atoms with Gasteiger partial charge in [-0.15, -0.1) is 0 Å². The number of hydrogen-bond acceptors (Lipinski definition) is 3. The molecule has 0 aliphatic carbocycles. The maximum Gasteiger partial charge on any atom is 0.154 e. The van der Waals surface area contributed by atoms with Crippen molar-refractivity contribution in [3.05, 3.63) is 22.8 Å². The van der Waals surface area contributed by atoms with E-state index in [1.165, 1.54) is 12.8 Å². The second-order valence-electron chi connectivity index (χ2n) is 7.84. The van der Waals surface area contributed by atoms with Crippen LogP contribution in [0.1, 0.15) is 94.1 Å². The number of phenols is 2. The first-order chi connectivity index (χ1) is 11.9. The third kappa shape index (κ3) is 7.09. The minimum atomic E-state index is -0.0177. The van der Waals surface area contributed by atoms with Gasteiger partial charge in [0.1, 0.15) is 11.5 Å². The SMILES string of the molecule is CCCCCc1cc(O)c(CC[C@@H](C)CCCC(C)C)c(O)c1C=O. The second-order valence-corrected chi connectivity index (χ2v) is 7.84. The largest absolute Gasteiger partial charge is 0.508 e. The third-order valence-corrected chi connectivity index (χ3v) is 5.04. The number of phenolic OH excluding ortho intramolecular Hbond substituents is 2. The molecular formula is C22H36O3. The number of hydrogen-bond donors (Lipinski definition) is 2. The molecule has 1 aromatic carbocycles. The highest BCUT2D eigenvalue weighted by molar-refractivity contribution is 5.83. The zero-order chi connectivity index (χ0) is 18.8. The molecule has 0 amide bonds. The number of unbranched alkanes of at least 4 members (excludes halogenated alkanes) is 2. The zero-order valence-corrected chi connectivity index (χ0v) is 16.5. The summed E-state index contributed by atoms with van der Waals surface area (Å²) in [5, 5.41) is 20.8. The molecule has 0 unspecified atom stereocenters. The highest BCUT2D eigenvalue weighted by Gasteiger charge is 2.17. The molecule has 25 heavy (non-hydrogen) atoms. The summed E-state index contributed by atoms with van der Waals surface area (Å²) in [6.07, 6.45) is 9.72. The van der Waals surface area contributed by atoms with E-state index in [-0.39, 0.29) is 11.5 Å². The van der Waals surface area contributed by atoms with Crippen LogP contribution in [0.3, 0.4) is 0 Å². The highest BCUT2D eigenvalue weighted by atomic mass is 16.3. The van der Waals surface area contributed by atoms with Crippen LogP contribution >= 0.6 is 0 Å². The predicted octanol–water partition coefficient (Wildman–Crippen LogP) is 6.04. The van der Waals surface area contributed by atoms with Crippen LogP contribution in [0.2, 0.25) is 0 Å². The Morgan fingerprint density at radius 1 is 1.00 bits per heavy atom. The van der Waals surface area contributed by atoms with Gasteiger partial charge in [0.25, 0.3) is 0 Å². The molecule has 0 radical (unpaired) electrons. The molecule has 0 saturated heterocycles. The maximum absolute atomic E-state index is 11.4. The summed E-state index contributed by atoms with van der Waals surface area (Å²) in [6, 6.07) is 1.68. The molecule has 142 valence electrons. The van der Waals surface area contributed by atoms with Crippen molar-refractivity contribution >= 4 is 6.29 Å². The van der Waals surface area contributed by atoms with Crippen molar-refractivity contribution in [2.75, 3.05) is 0 Å². The Hall–Kier alpha value is -1.51. The normalized spacial score (nSPS) is 12.5. The molecule has 3 heteroatoms. The fraction of sp³-hybridized carbons (Fsp3) is 0.682. The first kappa shape index (κ1) is 21.5. The molecule has 0 saturated carbocycles. The molecule has 0 spiro atoms. The van der Waals surface area contributed by atoms with Crippen molar-refractivity contribution in [3.8, 4) is 11.5 Å². The first-order valence-electron chi connectivity index (χ1n) is 9.92. The van der Waals surface area contributed by atoms with Crippen LogP contribution in [0.4, 0.5) is 0 Å². The molecule has 0 fully saturated rings. The highest BCUT2D eigenvalue weighted by Crippen LogP contribution is 2.35. The lowest BCUT2D eigenvalue weighted by molar-refractivity contribution is 0.112. The molecule has 1 atom stereocenters. The van der Waals surface area contributed by atoms with Gasteiger partial charge in [0.05, 0.1) is 5.56 Å². The Bertz CT molecular complexity index is 535. The number of carbonyl (C=O) groups is 1. The van der Waals surface area contributed by atoms with Crippen LogP contribution in [0.5, 0.6) is 11.5 Å². The van der Waals surface area contributed by atoms with Crippen LogP contribution in [0.15, 0.2) is 6.07 Å². The number of benzene rings is 1. The van der Waals surface area contributed by atoms with E-state index in [1.54, 1.807) is 6.07 Å². The fourth-order valence-electron chi connectivity index (χ4n) is 3.33. The average Bonchev–Trinajstić information content (AvgIpc) is 2.54. The molecule has 1 aromatic rings. The van der Waals surface area contributed by atoms with Gasteiger partial charge in [-0.25, -0.2) is 0 Å². The number of rotatable bonds is 12. The van der Waals surface area contributed by atoms with Gasteiger partial charge in [-0.1, -0.05) is 59.8 Å². The van der Waals surface area contributed by atoms with Crippen LogP contribution in [-0.4, -0.2) is 16.5 Å². The monoisotopic (exact) mass is 348 g/mol. The Morgan fingerprint density at radius 3 is 2.32 bits per heavy atom. The second kappa shape index (κ2) is 11.2. The van der Waals surface area contributed by atoms with Gasteiger partial charge in [0, 0.05) is 5.56 Å². The Morgan fingerprint density at radius 2 is 1.72 bits per heavy atom. The van der Waals surface area contributed by atoms with Gasteiger partial charge >= 0.3 is 0 Å². The quantitative estimate of drug-likeness (QED) is 0.358. The van der Waals surface area contributed by atoms with E-state index in [9.17, 15) is 15.0 Å². The molecule has 1 rings (SSSR count). The van der Waals surface area contributed by atoms with Crippen molar-refractivity contribution in [1.82, 2.24) is 0 Å². The zero-order valence-electron chi connectivity index (χ0n) is 16.5. The maximum atomic E-state index is 11.4. The van der Waals surface area contributed by atoms with Gasteiger partial charge in [-0.3, -0.25) is 4.79 Å². The molecule has 0 aliphatic heterocycles. The van der Waals surface area contributed by atoms with Crippen LogP contribution in [0.25, 0.3) is 0 Å². The van der Waals surface area contributed by atoms with Crippen molar-refractivity contribution in [2.45, 2.75) is 85.5 Å². The van der Waals surface area contributed by atoms with Gasteiger partial charge in [0.2, 0.25) is 0 Å². The van der Waals surface area contributed by atoms with Crippen molar-refractivity contribution in [3.63, 3.8) is 0 Å². The van der Waals surface area contributed by atoms with Gasteiger partial charge in [0.15, 0.2) is 6.29 Å². The van der Waals surface area contributed by atoms with E-state index in [2.05, 4.69) is 27.7 Å². The van der Waals surface area contributed by atoms with E-state index in [0.29, 0.717) is 23.5 Å². The summed E-state index contributed by atoms with van der Waals surface area (Å²) in [4.78, 5) is 11.4. The first-order valence-corrected chi connectivity index (χ1v) is 9.92. The van der Waals surface area contributed by atoms with Gasteiger partial charge in [-0.2, -0.15) is 0 Å². The summed E-state index contributed by atoms with van der Waals surface area (Å²) in [5.74, 6) is 1.39. The van der Waals surface area contributed by atoms with Crippen molar-refractivity contribution in [1.29, 1.82) is 0 Å². The molecule has 2 N–H and O–H groups in total. The van der Waals surface area contributed by atoms with E-state index in [1.807, 2.05) is 0 Å². The molecular weight excluding hydrogens is 312 g/mol. The smallest absolute Gasteiger partial charge is 0.154 e. The number of aldehydes is 1. The number of carbonyl (C=O) groups excluding carboxylic acids is 1. The predicted molar refractivity (Wildman–Crippen MR) is 105 cm³/mol. The Kier molecular flexibility index (Phi) is 9.62. The molecule has 0 aromatic heterocycles. The molecule has 3 nitrogen and oxygen atoms in total. The Balaban J connectivity index is 2.74. The van der Waals surface area contributed by atoms with Crippen LogP contribution < -0.4 is 0 Å². The molecule has 0 heterocycles. The standard InChI is InChI=1S/C22H36O3/c1-5-6-7-11-18-14-21(24)19(22(25)20(18)15-23)13-12-17(4)10-8-9-16(2)3/h14-17,24-25H,5-13H2,1-4H3/t17-/m0/s1. The van der Waals surface area contributed by atoms with Gasteiger partial charge < -0.3 is 10.2 Å². The van der Waals surface area contributed by atoms with Crippen LogP contribution in [-0.2, 0) is 12.8 Å². The summed E-state index contributed by atoms with van der Waals surface area (Å²) in [7, 11) is 0. The van der Waals surface area contributed by atoms with Crippen molar-refractivity contribution < 1.29 is 15.0 Å². The van der Waals surface area contributed by atoms with Gasteiger partial charge in [-0.05, 0) is 49.1 Å². The lowest BCUT2D eigenvalue weighted by Gasteiger charge is -2.16. The van der Waals surface area contributed by atoms with E-state index < -0.39 is 0 Å². The average molecular weight is 349 g/mol. The number of aromatic hydroxyl groups is 2. The summed E-state index contributed by atoms with van der Waals surface area (Å²) in [6.45, 7) is 8.82. The minimum absolute atomic E-state index is 0.0177. The van der Waals surface area contributed by atoms with E-state index >= 15 is 0 Å². The lowest BCUT2D eigenvalue weighted by Crippen LogP contribution is -2.02. The molecule has 0 bridgehead atoms. The summed E-state index contributed by atoms with van der Waals surface area (Å²) >= 11 is 0. The molecule has 0 aliphatic rings. The number of aryl methyl sites for hydroxylation is 1. The van der Waals surface area contributed by atoms with Crippen LogP contribution in [0, 0.1) is 11.8 Å². The fourth-order valence-corrected chi connectivity index (χ4v) is 3.33. The Labute approximate surface area is 153 Å². The lowest BCUT2D eigenvalue weighted by atomic mass is 9.91. The summed E-state index contributed by atoms with van der Waals surface area (Å²) < 4.78 is 0. The summed E-state index contributed by atoms with van der Waals surface area (Å²) in [5.41, 5.74) is 1.64. The van der Waals surface area contributed by atoms with E-state index in [0.717, 1.165) is 56.3 Å². The third-order valence-electron chi connectivity index (χ3n) is 5.04.